The first-order valence-electron chi connectivity index (χ1n) is 10.4. The van der Waals surface area contributed by atoms with E-state index >= 15 is 0 Å². The fraction of sp³-hybridized carbons (Fsp3) is 0.435. The van der Waals surface area contributed by atoms with E-state index in [1.165, 1.54) is 0 Å². The minimum atomic E-state index is 0.380. The van der Waals surface area contributed by atoms with E-state index in [9.17, 15) is 0 Å². The van der Waals surface area contributed by atoms with Gasteiger partial charge in [0, 0.05) is 54.6 Å². The molecule has 1 fully saturated rings. The molecule has 1 aliphatic rings. The second kappa shape index (κ2) is 11.0. The molecule has 6 nitrogen and oxygen atoms in total. The van der Waals surface area contributed by atoms with Crippen LogP contribution in [-0.2, 0) is 6.54 Å². The number of hydrogen-bond donors (Lipinski definition) is 2. The molecule has 0 unspecified atom stereocenters. The first kappa shape index (κ1) is 22.1. The Morgan fingerprint density at radius 3 is 2.40 bits per heavy atom. The van der Waals surface area contributed by atoms with E-state index in [4.69, 9.17) is 26.1 Å². The molecule has 0 amide bonds. The lowest BCUT2D eigenvalue weighted by Gasteiger charge is -2.34. The Morgan fingerprint density at radius 1 is 1.10 bits per heavy atom. The van der Waals surface area contributed by atoms with Crippen LogP contribution in [0, 0.1) is 0 Å². The molecule has 0 spiro atoms. The molecule has 162 valence electrons. The third-order valence-corrected chi connectivity index (χ3v) is 5.43. The summed E-state index contributed by atoms with van der Waals surface area (Å²) in [6, 6.07) is 14.2. The second-order valence-corrected chi connectivity index (χ2v) is 7.74. The van der Waals surface area contributed by atoms with Crippen molar-refractivity contribution in [1.82, 2.24) is 10.6 Å². The molecular formula is C23H31ClN4O2. The Labute approximate surface area is 184 Å². The van der Waals surface area contributed by atoms with Crippen molar-refractivity contribution in [2.45, 2.75) is 32.4 Å². The highest BCUT2D eigenvalue weighted by atomic mass is 35.5. The summed E-state index contributed by atoms with van der Waals surface area (Å²) in [4.78, 5) is 7.10. The SMILES string of the molecule is CCNC(=NCc1cccc(Cl)c1)NC1CCN(c2cc(OC)cc(OC)c2)CC1. The van der Waals surface area contributed by atoms with E-state index in [1.54, 1.807) is 14.2 Å². The van der Waals surface area contributed by atoms with Crippen molar-refractivity contribution in [1.29, 1.82) is 0 Å². The third-order valence-electron chi connectivity index (χ3n) is 5.19. The average Bonchev–Trinajstić information content (AvgIpc) is 2.77. The zero-order valence-electron chi connectivity index (χ0n) is 18.0. The molecule has 1 heterocycles. The van der Waals surface area contributed by atoms with Gasteiger partial charge >= 0.3 is 0 Å². The van der Waals surface area contributed by atoms with Crippen LogP contribution in [0.4, 0.5) is 5.69 Å². The molecule has 30 heavy (non-hydrogen) atoms. The molecule has 0 aromatic heterocycles. The van der Waals surface area contributed by atoms with Gasteiger partial charge in [-0.25, -0.2) is 4.99 Å². The minimum absolute atomic E-state index is 0.380. The van der Waals surface area contributed by atoms with Crippen molar-refractivity contribution in [3.05, 3.63) is 53.1 Å². The highest BCUT2D eigenvalue weighted by Crippen LogP contribution is 2.30. The summed E-state index contributed by atoms with van der Waals surface area (Å²) in [6.07, 6.45) is 2.06. The van der Waals surface area contributed by atoms with Gasteiger partial charge in [-0.05, 0) is 37.5 Å². The van der Waals surface area contributed by atoms with Crippen molar-refractivity contribution in [2.24, 2.45) is 4.99 Å². The summed E-state index contributed by atoms with van der Waals surface area (Å²) in [5, 5.41) is 7.67. The smallest absolute Gasteiger partial charge is 0.191 e. The summed E-state index contributed by atoms with van der Waals surface area (Å²) in [6.45, 7) is 5.42. The number of aliphatic imine (C=N–C) groups is 1. The molecule has 0 aliphatic carbocycles. The van der Waals surface area contributed by atoms with Crippen molar-refractivity contribution in [2.75, 3.05) is 38.8 Å². The highest BCUT2D eigenvalue weighted by molar-refractivity contribution is 6.30. The van der Waals surface area contributed by atoms with Crippen LogP contribution < -0.4 is 25.0 Å². The van der Waals surface area contributed by atoms with Gasteiger partial charge in [0.15, 0.2) is 5.96 Å². The van der Waals surface area contributed by atoms with E-state index in [1.807, 2.05) is 30.3 Å². The highest BCUT2D eigenvalue weighted by Gasteiger charge is 2.21. The van der Waals surface area contributed by atoms with Gasteiger partial charge in [0.1, 0.15) is 11.5 Å². The van der Waals surface area contributed by atoms with Crippen LogP contribution in [0.5, 0.6) is 11.5 Å². The van der Waals surface area contributed by atoms with Gasteiger partial charge in [-0.15, -0.1) is 0 Å². The van der Waals surface area contributed by atoms with Crippen LogP contribution in [0.2, 0.25) is 5.02 Å². The van der Waals surface area contributed by atoms with E-state index in [-0.39, 0.29) is 0 Å². The van der Waals surface area contributed by atoms with Crippen molar-refractivity contribution >= 4 is 23.2 Å². The van der Waals surface area contributed by atoms with Crippen LogP contribution in [0.1, 0.15) is 25.3 Å². The molecule has 2 aromatic carbocycles. The van der Waals surface area contributed by atoms with Gasteiger partial charge < -0.3 is 25.0 Å². The molecule has 3 rings (SSSR count). The third kappa shape index (κ3) is 6.20. The van der Waals surface area contributed by atoms with Gasteiger partial charge in [-0.3, -0.25) is 0 Å². The van der Waals surface area contributed by atoms with Crippen molar-refractivity contribution < 1.29 is 9.47 Å². The van der Waals surface area contributed by atoms with E-state index in [2.05, 4.69) is 34.6 Å². The number of guanidine groups is 1. The van der Waals surface area contributed by atoms with Crippen molar-refractivity contribution in [3.8, 4) is 11.5 Å². The Morgan fingerprint density at radius 2 is 1.80 bits per heavy atom. The number of nitrogens with one attached hydrogen (secondary N) is 2. The number of anilines is 1. The summed E-state index contributed by atoms with van der Waals surface area (Å²) in [5.74, 6) is 2.47. The fourth-order valence-corrected chi connectivity index (χ4v) is 3.79. The number of halogens is 1. The van der Waals surface area contributed by atoms with Crippen LogP contribution in [0.3, 0.4) is 0 Å². The Balaban J connectivity index is 1.58. The zero-order chi connectivity index (χ0) is 21.3. The van der Waals surface area contributed by atoms with Crippen molar-refractivity contribution in [3.63, 3.8) is 0 Å². The quantitative estimate of drug-likeness (QED) is 0.512. The Hall–Kier alpha value is -2.60. The summed E-state index contributed by atoms with van der Waals surface area (Å²) >= 11 is 6.08. The molecular weight excluding hydrogens is 400 g/mol. The normalized spacial score (nSPS) is 15.1. The molecule has 1 saturated heterocycles. The van der Waals surface area contributed by atoms with E-state index in [0.717, 1.165) is 66.2 Å². The van der Waals surface area contributed by atoms with Gasteiger partial charge in [0.25, 0.3) is 0 Å². The Kier molecular flexibility index (Phi) is 8.08. The standard InChI is InChI=1S/C23H31ClN4O2/c1-4-25-23(26-16-17-6-5-7-18(24)12-17)27-19-8-10-28(11-9-19)20-13-21(29-2)15-22(14-20)30-3/h5-7,12-15,19H,4,8-11,16H2,1-3H3,(H2,25,26,27). The summed E-state index contributed by atoms with van der Waals surface area (Å²) < 4.78 is 10.8. The van der Waals surface area contributed by atoms with Gasteiger partial charge in [0.2, 0.25) is 0 Å². The maximum Gasteiger partial charge on any atom is 0.191 e. The molecule has 0 saturated carbocycles. The van der Waals surface area contributed by atoms with Gasteiger partial charge in [-0.2, -0.15) is 0 Å². The number of methoxy groups -OCH3 is 2. The number of rotatable bonds is 7. The lowest BCUT2D eigenvalue weighted by Crippen LogP contribution is -2.48. The maximum atomic E-state index is 6.08. The average molecular weight is 431 g/mol. The first-order chi connectivity index (χ1) is 14.6. The van der Waals surface area contributed by atoms with E-state index < -0.39 is 0 Å². The fourth-order valence-electron chi connectivity index (χ4n) is 3.58. The van der Waals surface area contributed by atoms with Crippen LogP contribution in [-0.4, -0.2) is 45.9 Å². The van der Waals surface area contributed by atoms with Crippen LogP contribution in [0.15, 0.2) is 47.5 Å². The summed E-state index contributed by atoms with van der Waals surface area (Å²) in [7, 11) is 3.36. The zero-order valence-corrected chi connectivity index (χ0v) is 18.7. The molecule has 1 aliphatic heterocycles. The van der Waals surface area contributed by atoms with Crippen LogP contribution in [0.25, 0.3) is 0 Å². The first-order valence-corrected chi connectivity index (χ1v) is 10.8. The lowest BCUT2D eigenvalue weighted by molar-refractivity contribution is 0.393. The monoisotopic (exact) mass is 430 g/mol. The molecule has 2 N–H and O–H groups in total. The van der Waals surface area contributed by atoms with Gasteiger partial charge in [0.05, 0.1) is 20.8 Å². The van der Waals surface area contributed by atoms with Gasteiger partial charge in [-0.1, -0.05) is 23.7 Å². The number of ether oxygens (including phenoxy) is 2. The molecule has 0 radical (unpaired) electrons. The summed E-state index contributed by atoms with van der Waals surface area (Å²) in [5.41, 5.74) is 2.23. The second-order valence-electron chi connectivity index (χ2n) is 7.30. The minimum Gasteiger partial charge on any atom is -0.497 e. The number of piperidine rings is 1. The maximum absolute atomic E-state index is 6.08. The van der Waals surface area contributed by atoms with Crippen LogP contribution >= 0.6 is 11.6 Å². The lowest BCUT2D eigenvalue weighted by atomic mass is 10.0. The van der Waals surface area contributed by atoms with E-state index in [0.29, 0.717) is 12.6 Å². The molecule has 2 aromatic rings. The predicted molar refractivity (Wildman–Crippen MR) is 124 cm³/mol. The number of nitrogens with zero attached hydrogens (tertiary/aromatic N) is 2. The molecule has 0 atom stereocenters. The number of hydrogen-bond acceptors (Lipinski definition) is 4. The largest absolute Gasteiger partial charge is 0.497 e. The molecule has 7 heteroatoms. The molecule has 0 bridgehead atoms. The predicted octanol–water partition coefficient (Wildman–Crippen LogP) is 4.08. The number of benzene rings is 2. The topological polar surface area (TPSA) is 58.1 Å². The Bertz CT molecular complexity index is 829.